The Morgan fingerprint density at radius 2 is 1.93 bits per heavy atom. The molecule has 1 unspecified atom stereocenters. The largest absolute Gasteiger partial charge is 0.490 e. The van der Waals surface area contributed by atoms with Crippen LogP contribution in [0.25, 0.3) is 0 Å². The third-order valence-corrected chi connectivity index (χ3v) is 6.77. The zero-order valence-electron chi connectivity index (χ0n) is 16.3. The summed E-state index contributed by atoms with van der Waals surface area (Å²) in [5.41, 5.74) is -1.53. The van der Waals surface area contributed by atoms with Crippen molar-refractivity contribution in [2.45, 2.75) is 42.5 Å². The lowest BCUT2D eigenvalue weighted by Crippen LogP contribution is -2.82. The number of carbonyl (C=O) groups excluding carboxylic acids is 3. The molecule has 1 aromatic carbocycles. The number of ketones is 1. The first-order chi connectivity index (χ1) is 13.6. The van der Waals surface area contributed by atoms with Gasteiger partial charge in [0.25, 0.3) is 11.8 Å². The van der Waals surface area contributed by atoms with Gasteiger partial charge < -0.3 is 20.1 Å². The monoisotopic (exact) mass is 418 g/mol. The Kier molecular flexibility index (Phi) is 5.20. The molecule has 29 heavy (non-hydrogen) atoms. The van der Waals surface area contributed by atoms with Crippen molar-refractivity contribution < 1.29 is 29.0 Å². The second kappa shape index (κ2) is 7.22. The van der Waals surface area contributed by atoms with Crippen molar-refractivity contribution in [1.29, 1.82) is 0 Å². The number of carboxylic acids is 1. The molecule has 9 heteroatoms. The highest BCUT2D eigenvalue weighted by molar-refractivity contribution is 8.01. The number of β-lactam (4-membered cyclic amide) rings is 1. The smallest absolute Gasteiger partial charge is 0.327 e. The number of carboxylic acid groups (broad SMARTS) is 1. The third kappa shape index (κ3) is 3.19. The molecular formula is C20H22N2O6S. The highest BCUT2D eigenvalue weighted by atomic mass is 32.2. The number of hydrogen-bond acceptors (Lipinski definition) is 6. The van der Waals surface area contributed by atoms with E-state index in [1.165, 1.54) is 35.7 Å². The van der Waals surface area contributed by atoms with Crippen molar-refractivity contribution in [3.63, 3.8) is 0 Å². The Bertz CT molecular complexity index is 897. The van der Waals surface area contributed by atoms with Crippen LogP contribution in [0, 0.1) is 0 Å². The molecule has 2 amide bonds. The highest BCUT2D eigenvalue weighted by Gasteiger charge is 2.74. The van der Waals surface area contributed by atoms with Crippen LogP contribution in [-0.2, 0) is 14.4 Å². The predicted octanol–water partition coefficient (Wildman–Crippen LogP) is 1.46. The van der Waals surface area contributed by atoms with Crippen LogP contribution in [0.3, 0.4) is 0 Å². The Hall–Kier alpha value is -2.81. The number of aliphatic carboxylic acids is 1. The molecule has 0 bridgehead atoms. The maximum absolute atomic E-state index is 12.9. The summed E-state index contributed by atoms with van der Waals surface area (Å²) in [5, 5.41) is 11.3. The van der Waals surface area contributed by atoms with Crippen LogP contribution in [0.5, 0.6) is 5.75 Å². The number of rotatable bonds is 7. The highest BCUT2D eigenvalue weighted by Crippen LogP contribution is 2.55. The predicted molar refractivity (Wildman–Crippen MR) is 107 cm³/mol. The van der Waals surface area contributed by atoms with E-state index in [1.54, 1.807) is 32.1 Å². The maximum atomic E-state index is 12.9. The van der Waals surface area contributed by atoms with Gasteiger partial charge in [0.15, 0.2) is 5.78 Å². The molecule has 0 aromatic heterocycles. The summed E-state index contributed by atoms with van der Waals surface area (Å²) in [7, 11) is 0. The summed E-state index contributed by atoms with van der Waals surface area (Å²) in [6.45, 7) is 8.52. The van der Waals surface area contributed by atoms with E-state index in [0.29, 0.717) is 12.4 Å². The summed E-state index contributed by atoms with van der Waals surface area (Å²) in [5.74, 6) is -2.42. The van der Waals surface area contributed by atoms with Crippen LogP contribution in [-0.4, -0.2) is 61.9 Å². The first kappa shape index (κ1) is 20.9. The van der Waals surface area contributed by atoms with Crippen LogP contribution < -0.4 is 10.1 Å². The molecule has 0 saturated carbocycles. The maximum Gasteiger partial charge on any atom is 0.327 e. The van der Waals surface area contributed by atoms with Crippen LogP contribution in [0.1, 0.15) is 31.1 Å². The number of fused-ring (bicyclic) bond motifs is 1. The minimum absolute atomic E-state index is 0.250. The Labute approximate surface area is 172 Å². The van der Waals surface area contributed by atoms with E-state index in [-0.39, 0.29) is 5.56 Å². The van der Waals surface area contributed by atoms with E-state index in [9.17, 15) is 24.3 Å². The fraction of sp³-hybridized carbons (Fsp3) is 0.400. The average Bonchev–Trinajstić information content (AvgIpc) is 2.93. The van der Waals surface area contributed by atoms with Crippen LogP contribution >= 0.6 is 11.8 Å². The lowest BCUT2D eigenvalue weighted by Gasteiger charge is -2.51. The van der Waals surface area contributed by atoms with Gasteiger partial charge in [0.2, 0.25) is 5.54 Å². The van der Waals surface area contributed by atoms with Crippen molar-refractivity contribution in [3.05, 3.63) is 42.5 Å². The van der Waals surface area contributed by atoms with Gasteiger partial charge in [0.05, 0.1) is 0 Å². The van der Waals surface area contributed by atoms with Crippen LogP contribution in [0.4, 0.5) is 0 Å². The van der Waals surface area contributed by atoms with E-state index in [1.807, 2.05) is 0 Å². The quantitative estimate of drug-likeness (QED) is 0.391. The first-order valence-corrected chi connectivity index (χ1v) is 9.85. The molecular weight excluding hydrogens is 396 g/mol. The molecule has 2 fully saturated rings. The molecule has 8 nitrogen and oxygen atoms in total. The summed E-state index contributed by atoms with van der Waals surface area (Å²) >= 11 is 1.20. The van der Waals surface area contributed by atoms with Crippen molar-refractivity contribution >= 4 is 35.3 Å². The van der Waals surface area contributed by atoms with Crippen molar-refractivity contribution in [3.8, 4) is 5.75 Å². The fourth-order valence-corrected chi connectivity index (χ4v) is 5.45. The second-order valence-electron chi connectivity index (χ2n) is 7.47. The van der Waals surface area contributed by atoms with Crippen molar-refractivity contribution in [2.75, 3.05) is 6.61 Å². The van der Waals surface area contributed by atoms with E-state index in [2.05, 4.69) is 11.9 Å². The molecule has 0 radical (unpaired) electrons. The van der Waals surface area contributed by atoms with Gasteiger partial charge in [-0.15, -0.1) is 11.8 Å². The van der Waals surface area contributed by atoms with Gasteiger partial charge >= 0.3 is 5.97 Å². The van der Waals surface area contributed by atoms with Gasteiger partial charge in [-0.3, -0.25) is 14.4 Å². The number of nitrogens with one attached hydrogen (secondary N) is 1. The van der Waals surface area contributed by atoms with Crippen LogP contribution in [0.2, 0.25) is 0 Å². The Morgan fingerprint density at radius 1 is 1.31 bits per heavy atom. The number of thioether (sulfide) groups is 1. The Balaban J connectivity index is 1.85. The number of ether oxygens (including phenoxy) is 1. The minimum Gasteiger partial charge on any atom is -0.490 e. The molecule has 154 valence electrons. The van der Waals surface area contributed by atoms with E-state index < -0.39 is 45.3 Å². The van der Waals surface area contributed by atoms with Crippen molar-refractivity contribution in [2.24, 2.45) is 0 Å². The van der Waals surface area contributed by atoms with Gasteiger partial charge in [-0.2, -0.15) is 0 Å². The second-order valence-corrected chi connectivity index (χ2v) is 9.20. The van der Waals surface area contributed by atoms with Gasteiger partial charge in [0.1, 0.15) is 23.8 Å². The minimum atomic E-state index is -1.78. The van der Waals surface area contributed by atoms with E-state index in [0.717, 1.165) is 0 Å². The topological polar surface area (TPSA) is 113 Å². The number of hydrogen-bond donors (Lipinski definition) is 2. The summed E-state index contributed by atoms with van der Waals surface area (Å²) in [6.07, 6.45) is 1.59. The summed E-state index contributed by atoms with van der Waals surface area (Å²) < 4.78 is 4.56. The molecule has 1 aromatic rings. The average molecular weight is 418 g/mol. The van der Waals surface area contributed by atoms with Gasteiger partial charge in [-0.05, 0) is 45.0 Å². The molecule has 2 heterocycles. The third-order valence-electron chi connectivity index (χ3n) is 5.13. The standard InChI is InChI=1S/C20H22N2O6S/c1-5-10-28-13-8-6-12(7-9-13)15(24)21-20(11(2)23)17(27)22-14(16(25)26)19(3,4)29-18(20)22/h5-9,14,18H,1,10H2,2-4H3,(H,21,24)(H,25,26)/t14-,18+,20?/m0/s1. The SMILES string of the molecule is C=CCOc1ccc(C(=O)NC2(C(C)=O)C(=O)N3[C@@H](C(=O)O)C(C)(C)S[C@@H]32)cc1. The van der Waals surface area contributed by atoms with Gasteiger partial charge in [0, 0.05) is 10.3 Å². The first-order valence-electron chi connectivity index (χ1n) is 8.97. The van der Waals surface area contributed by atoms with Gasteiger partial charge in [-0.25, -0.2) is 4.79 Å². The van der Waals surface area contributed by atoms with E-state index in [4.69, 9.17) is 4.74 Å². The fourth-order valence-electron chi connectivity index (χ4n) is 3.70. The number of amides is 2. The lowest BCUT2D eigenvalue weighted by atomic mass is 9.81. The zero-order valence-corrected chi connectivity index (χ0v) is 17.1. The number of nitrogens with zero attached hydrogens (tertiary/aromatic N) is 1. The molecule has 0 aliphatic carbocycles. The van der Waals surface area contributed by atoms with Crippen LogP contribution in [0.15, 0.2) is 36.9 Å². The molecule has 2 aliphatic heterocycles. The van der Waals surface area contributed by atoms with E-state index >= 15 is 0 Å². The number of benzene rings is 1. The molecule has 0 spiro atoms. The molecule has 2 saturated heterocycles. The summed E-state index contributed by atoms with van der Waals surface area (Å²) in [6, 6.07) is 5.17. The molecule has 3 atom stereocenters. The van der Waals surface area contributed by atoms with Crippen molar-refractivity contribution in [1.82, 2.24) is 10.2 Å². The van der Waals surface area contributed by atoms with Gasteiger partial charge in [-0.1, -0.05) is 12.7 Å². The number of Topliss-reactive ketones (excluding diaryl/α,β-unsaturated/α-hetero) is 1. The normalized spacial score (nSPS) is 26.9. The zero-order chi connectivity index (χ0) is 21.6. The molecule has 2 N–H and O–H groups in total. The molecule has 3 rings (SSSR count). The lowest BCUT2D eigenvalue weighted by molar-refractivity contribution is -0.170. The molecule has 2 aliphatic rings. The summed E-state index contributed by atoms with van der Waals surface area (Å²) in [4.78, 5) is 51.1. The number of carbonyl (C=O) groups is 4. The Morgan fingerprint density at radius 3 is 2.45 bits per heavy atom.